The third-order valence-corrected chi connectivity index (χ3v) is 3.80. The van der Waals surface area contributed by atoms with Gasteiger partial charge in [0.25, 0.3) is 0 Å². The summed E-state index contributed by atoms with van der Waals surface area (Å²) >= 11 is 3.35. The zero-order chi connectivity index (χ0) is 16.8. The Morgan fingerprint density at radius 3 is 2.22 bits per heavy atom. The highest BCUT2D eigenvalue weighted by Crippen LogP contribution is 2.34. The van der Waals surface area contributed by atoms with Gasteiger partial charge in [-0.25, -0.2) is 0 Å². The molecule has 0 N–H and O–H groups in total. The van der Waals surface area contributed by atoms with Crippen molar-refractivity contribution in [3.8, 4) is 23.3 Å². The number of methoxy groups -OCH3 is 1. The molecule has 2 rings (SSSR count). The van der Waals surface area contributed by atoms with Gasteiger partial charge in [-0.3, -0.25) is 0 Å². The summed E-state index contributed by atoms with van der Waals surface area (Å²) in [6.07, 6.45) is 0. The van der Waals surface area contributed by atoms with Crippen molar-refractivity contribution in [2.45, 2.75) is 13.8 Å². The standard InChI is InChI=1S/C18H18BrNO3/c1-12-5-4-6-13(2)17(12)22-7-8-23-18-14(11-20)9-15(19)10-16(18)21-3/h4-6,9-10H,7-8H2,1-3H3. The van der Waals surface area contributed by atoms with Gasteiger partial charge in [0.2, 0.25) is 0 Å². The first-order chi connectivity index (χ1) is 11.1. The van der Waals surface area contributed by atoms with Crippen molar-refractivity contribution in [3.63, 3.8) is 0 Å². The second kappa shape index (κ2) is 7.89. The van der Waals surface area contributed by atoms with E-state index in [0.29, 0.717) is 30.3 Å². The molecule has 0 saturated heterocycles. The summed E-state index contributed by atoms with van der Waals surface area (Å²) in [4.78, 5) is 0. The molecule has 0 fully saturated rings. The highest BCUT2D eigenvalue weighted by atomic mass is 79.9. The van der Waals surface area contributed by atoms with Gasteiger partial charge >= 0.3 is 0 Å². The van der Waals surface area contributed by atoms with E-state index in [1.54, 1.807) is 19.2 Å². The van der Waals surface area contributed by atoms with Gasteiger partial charge < -0.3 is 14.2 Å². The van der Waals surface area contributed by atoms with Crippen molar-refractivity contribution in [2.75, 3.05) is 20.3 Å². The number of halogens is 1. The van der Waals surface area contributed by atoms with E-state index in [9.17, 15) is 5.26 Å². The van der Waals surface area contributed by atoms with E-state index in [1.807, 2.05) is 32.0 Å². The SMILES string of the molecule is COc1cc(Br)cc(C#N)c1OCCOc1c(C)cccc1C. The first-order valence-corrected chi connectivity index (χ1v) is 7.95. The minimum absolute atomic E-state index is 0.320. The Morgan fingerprint density at radius 2 is 1.65 bits per heavy atom. The molecule has 0 spiro atoms. The Labute approximate surface area is 144 Å². The first kappa shape index (κ1) is 17.2. The smallest absolute Gasteiger partial charge is 0.179 e. The lowest BCUT2D eigenvalue weighted by Crippen LogP contribution is -2.11. The lowest BCUT2D eigenvalue weighted by atomic mass is 10.1. The molecule has 23 heavy (non-hydrogen) atoms. The topological polar surface area (TPSA) is 51.5 Å². The summed E-state index contributed by atoms with van der Waals surface area (Å²) in [6.45, 7) is 4.72. The summed E-state index contributed by atoms with van der Waals surface area (Å²) in [5, 5.41) is 9.23. The molecule has 2 aromatic carbocycles. The Balaban J connectivity index is 2.04. The molecule has 5 heteroatoms. The Bertz CT molecular complexity index is 718. The van der Waals surface area contributed by atoms with Crippen molar-refractivity contribution in [3.05, 3.63) is 51.5 Å². The van der Waals surface area contributed by atoms with Gasteiger partial charge in [0.1, 0.15) is 25.0 Å². The number of benzene rings is 2. The van der Waals surface area contributed by atoms with Crippen molar-refractivity contribution in [1.82, 2.24) is 0 Å². The normalized spacial score (nSPS) is 10.0. The molecular weight excluding hydrogens is 358 g/mol. The van der Waals surface area contributed by atoms with Crippen LogP contribution >= 0.6 is 15.9 Å². The molecule has 2 aromatic rings. The number of hydrogen-bond acceptors (Lipinski definition) is 4. The van der Waals surface area contributed by atoms with Crippen LogP contribution in [0.5, 0.6) is 17.2 Å². The van der Waals surface area contributed by atoms with Crippen LogP contribution in [0, 0.1) is 25.2 Å². The second-order valence-electron chi connectivity index (χ2n) is 5.01. The third kappa shape index (κ3) is 4.17. The number of para-hydroxylation sites is 1. The lowest BCUT2D eigenvalue weighted by molar-refractivity contribution is 0.209. The highest BCUT2D eigenvalue weighted by Gasteiger charge is 2.13. The molecule has 0 aliphatic rings. The van der Waals surface area contributed by atoms with Crippen LogP contribution in [0.4, 0.5) is 0 Å². The number of nitrogens with zero attached hydrogens (tertiary/aromatic N) is 1. The average Bonchev–Trinajstić information content (AvgIpc) is 2.54. The Kier molecular flexibility index (Phi) is 5.89. The lowest BCUT2D eigenvalue weighted by Gasteiger charge is -2.15. The van der Waals surface area contributed by atoms with Gasteiger partial charge in [0.05, 0.1) is 12.7 Å². The largest absolute Gasteiger partial charge is 0.493 e. The Morgan fingerprint density at radius 1 is 1.04 bits per heavy atom. The quantitative estimate of drug-likeness (QED) is 0.701. The summed E-state index contributed by atoms with van der Waals surface area (Å²) in [6, 6.07) is 11.6. The Hall–Kier alpha value is -2.19. The zero-order valence-electron chi connectivity index (χ0n) is 13.4. The van der Waals surface area contributed by atoms with E-state index in [4.69, 9.17) is 14.2 Å². The molecule has 0 bridgehead atoms. The molecule has 0 heterocycles. The maximum Gasteiger partial charge on any atom is 0.179 e. The minimum Gasteiger partial charge on any atom is -0.493 e. The highest BCUT2D eigenvalue weighted by molar-refractivity contribution is 9.10. The maximum absolute atomic E-state index is 9.23. The maximum atomic E-state index is 9.23. The van der Waals surface area contributed by atoms with E-state index >= 15 is 0 Å². The summed E-state index contributed by atoms with van der Waals surface area (Å²) in [5.41, 5.74) is 2.59. The molecule has 0 unspecified atom stereocenters. The monoisotopic (exact) mass is 375 g/mol. The number of rotatable bonds is 6. The van der Waals surface area contributed by atoms with Gasteiger partial charge in [-0.05, 0) is 37.1 Å². The van der Waals surface area contributed by atoms with Crippen molar-refractivity contribution < 1.29 is 14.2 Å². The average molecular weight is 376 g/mol. The van der Waals surface area contributed by atoms with E-state index in [-0.39, 0.29) is 0 Å². The van der Waals surface area contributed by atoms with Crippen molar-refractivity contribution in [1.29, 1.82) is 5.26 Å². The van der Waals surface area contributed by atoms with Gasteiger partial charge in [-0.15, -0.1) is 0 Å². The number of hydrogen-bond donors (Lipinski definition) is 0. The minimum atomic E-state index is 0.320. The van der Waals surface area contributed by atoms with Crippen LogP contribution in [0.1, 0.15) is 16.7 Å². The predicted octanol–water partition coefficient (Wildman–Crippen LogP) is 4.40. The molecule has 4 nitrogen and oxygen atoms in total. The van der Waals surface area contributed by atoms with Gasteiger partial charge in [-0.1, -0.05) is 34.1 Å². The van der Waals surface area contributed by atoms with Crippen LogP contribution in [0.2, 0.25) is 0 Å². The number of nitriles is 1. The second-order valence-corrected chi connectivity index (χ2v) is 5.93. The first-order valence-electron chi connectivity index (χ1n) is 7.16. The van der Waals surface area contributed by atoms with Crippen LogP contribution in [-0.4, -0.2) is 20.3 Å². The van der Waals surface area contributed by atoms with E-state index in [2.05, 4.69) is 22.0 Å². The molecule has 0 radical (unpaired) electrons. The molecule has 0 saturated carbocycles. The van der Waals surface area contributed by atoms with E-state index < -0.39 is 0 Å². The fourth-order valence-corrected chi connectivity index (χ4v) is 2.70. The zero-order valence-corrected chi connectivity index (χ0v) is 14.9. The van der Waals surface area contributed by atoms with Crippen LogP contribution < -0.4 is 14.2 Å². The van der Waals surface area contributed by atoms with E-state index in [0.717, 1.165) is 21.3 Å². The molecular formula is C18H18BrNO3. The van der Waals surface area contributed by atoms with Gasteiger partial charge in [-0.2, -0.15) is 5.26 Å². The van der Waals surface area contributed by atoms with Crippen LogP contribution in [0.25, 0.3) is 0 Å². The van der Waals surface area contributed by atoms with Crippen molar-refractivity contribution >= 4 is 15.9 Å². The molecule has 0 atom stereocenters. The van der Waals surface area contributed by atoms with Crippen LogP contribution in [0.3, 0.4) is 0 Å². The summed E-state index contributed by atoms with van der Waals surface area (Å²) in [7, 11) is 1.54. The molecule has 0 amide bonds. The predicted molar refractivity (Wildman–Crippen MR) is 92.3 cm³/mol. The van der Waals surface area contributed by atoms with Crippen LogP contribution in [0.15, 0.2) is 34.8 Å². The third-order valence-electron chi connectivity index (χ3n) is 3.34. The van der Waals surface area contributed by atoms with Crippen LogP contribution in [-0.2, 0) is 0 Å². The molecule has 0 aromatic heterocycles. The molecule has 0 aliphatic heterocycles. The molecule has 120 valence electrons. The van der Waals surface area contributed by atoms with Crippen molar-refractivity contribution in [2.24, 2.45) is 0 Å². The number of aryl methyl sites for hydroxylation is 2. The van der Waals surface area contributed by atoms with Gasteiger partial charge in [0.15, 0.2) is 11.5 Å². The fourth-order valence-electron chi connectivity index (χ4n) is 2.27. The summed E-state index contributed by atoms with van der Waals surface area (Å²) < 4.78 is 17.6. The summed E-state index contributed by atoms with van der Waals surface area (Å²) in [5.74, 6) is 1.82. The van der Waals surface area contributed by atoms with E-state index in [1.165, 1.54) is 0 Å². The fraction of sp³-hybridized carbons (Fsp3) is 0.278. The molecule has 0 aliphatic carbocycles. The van der Waals surface area contributed by atoms with Gasteiger partial charge in [0, 0.05) is 4.47 Å². The number of ether oxygens (including phenoxy) is 3.